The Labute approximate surface area is 158 Å². The highest BCUT2D eigenvalue weighted by Gasteiger charge is 2.30. The van der Waals surface area contributed by atoms with E-state index in [1.807, 2.05) is 6.07 Å². The molecular weight excluding hydrogens is 324 g/mol. The first-order valence-corrected chi connectivity index (χ1v) is 9.99. The largest absolute Gasteiger partial charge is 0.334 e. The van der Waals surface area contributed by atoms with Crippen molar-refractivity contribution in [3.05, 3.63) is 35.9 Å². The van der Waals surface area contributed by atoms with E-state index in [1.165, 1.54) is 5.56 Å². The monoisotopic (exact) mass is 358 g/mol. The van der Waals surface area contributed by atoms with E-state index in [2.05, 4.69) is 52.0 Å². The van der Waals surface area contributed by atoms with Gasteiger partial charge in [-0.2, -0.15) is 0 Å². The minimum absolute atomic E-state index is 0.315. The fourth-order valence-corrected chi connectivity index (χ4v) is 3.68. The third-order valence-electron chi connectivity index (χ3n) is 4.91. The van der Waals surface area contributed by atoms with Crippen LogP contribution in [0.1, 0.15) is 46.1 Å². The zero-order valence-corrected chi connectivity index (χ0v) is 16.8. The van der Waals surface area contributed by atoms with Crippen LogP contribution >= 0.6 is 0 Å². The fraction of sp³-hybridized carbons (Fsp3) is 0.636. The van der Waals surface area contributed by atoms with Crippen molar-refractivity contribution in [2.75, 3.05) is 26.2 Å². The molecular formula is C22H34N2O2. The van der Waals surface area contributed by atoms with Crippen LogP contribution in [0.15, 0.2) is 30.3 Å². The van der Waals surface area contributed by atoms with Gasteiger partial charge in [0.15, 0.2) is 0 Å². The summed E-state index contributed by atoms with van der Waals surface area (Å²) in [6, 6.07) is 10.5. The van der Waals surface area contributed by atoms with Crippen LogP contribution in [-0.4, -0.2) is 47.8 Å². The molecule has 0 unspecified atom stereocenters. The van der Waals surface area contributed by atoms with Gasteiger partial charge in [-0.1, -0.05) is 58.0 Å². The maximum atomic E-state index is 12.7. The predicted molar refractivity (Wildman–Crippen MR) is 106 cm³/mol. The van der Waals surface area contributed by atoms with E-state index in [1.54, 1.807) is 9.80 Å². The predicted octanol–water partition coefficient (Wildman–Crippen LogP) is 3.61. The lowest BCUT2D eigenvalue weighted by atomic mass is 9.90. The molecule has 0 atom stereocenters. The van der Waals surface area contributed by atoms with Gasteiger partial charge in [-0.15, -0.1) is 0 Å². The third-order valence-corrected chi connectivity index (χ3v) is 4.91. The molecule has 1 aromatic rings. The van der Waals surface area contributed by atoms with Crippen molar-refractivity contribution in [3.8, 4) is 0 Å². The van der Waals surface area contributed by atoms with Crippen molar-refractivity contribution in [1.82, 2.24) is 9.80 Å². The summed E-state index contributed by atoms with van der Waals surface area (Å²) < 4.78 is 0. The summed E-state index contributed by atoms with van der Waals surface area (Å²) in [5.41, 5.74) is 1.35. The normalized spacial score (nSPS) is 15.5. The van der Waals surface area contributed by atoms with Crippen molar-refractivity contribution in [1.29, 1.82) is 0 Å². The molecule has 4 nitrogen and oxygen atoms in total. The molecule has 0 saturated carbocycles. The maximum absolute atomic E-state index is 12.7. The fourth-order valence-electron chi connectivity index (χ4n) is 3.68. The van der Waals surface area contributed by atoms with E-state index in [0.29, 0.717) is 43.9 Å². The number of carbonyl (C=O) groups is 2. The molecule has 0 N–H and O–H groups in total. The van der Waals surface area contributed by atoms with Gasteiger partial charge < -0.3 is 9.80 Å². The average molecular weight is 359 g/mol. The number of rotatable bonds is 6. The first-order valence-electron chi connectivity index (χ1n) is 9.99. The Hall–Kier alpha value is -1.84. The van der Waals surface area contributed by atoms with Crippen molar-refractivity contribution in [3.63, 3.8) is 0 Å². The van der Waals surface area contributed by atoms with Crippen LogP contribution in [0.2, 0.25) is 0 Å². The van der Waals surface area contributed by atoms with Crippen LogP contribution in [0, 0.1) is 17.8 Å². The Bertz CT molecular complexity index is 565. The Morgan fingerprint density at radius 2 is 1.54 bits per heavy atom. The van der Waals surface area contributed by atoms with Crippen LogP contribution in [0.3, 0.4) is 0 Å². The van der Waals surface area contributed by atoms with Gasteiger partial charge in [-0.25, -0.2) is 0 Å². The molecule has 4 heteroatoms. The lowest BCUT2D eigenvalue weighted by molar-refractivity contribution is -0.153. The summed E-state index contributed by atoms with van der Waals surface area (Å²) >= 11 is 0. The van der Waals surface area contributed by atoms with Crippen LogP contribution in [0.5, 0.6) is 0 Å². The smallest absolute Gasteiger partial charge is 0.312 e. The van der Waals surface area contributed by atoms with E-state index in [9.17, 15) is 9.59 Å². The van der Waals surface area contributed by atoms with Crippen molar-refractivity contribution >= 4 is 11.8 Å². The average Bonchev–Trinajstić information content (AvgIpc) is 2.60. The molecule has 0 aliphatic carbocycles. The van der Waals surface area contributed by atoms with Gasteiger partial charge in [0.25, 0.3) is 0 Å². The summed E-state index contributed by atoms with van der Waals surface area (Å²) in [5, 5.41) is 0. The zero-order chi connectivity index (χ0) is 19.1. The molecule has 1 fully saturated rings. The second kappa shape index (κ2) is 9.75. The molecule has 1 aliphatic heterocycles. The van der Waals surface area contributed by atoms with Gasteiger partial charge in [0, 0.05) is 26.2 Å². The van der Waals surface area contributed by atoms with Gasteiger partial charge in [-0.3, -0.25) is 9.59 Å². The summed E-state index contributed by atoms with van der Waals surface area (Å²) in [6.45, 7) is 11.0. The van der Waals surface area contributed by atoms with E-state index in [0.717, 1.165) is 19.3 Å². The van der Waals surface area contributed by atoms with Crippen LogP contribution in [-0.2, 0) is 16.0 Å². The number of benzene rings is 1. The topological polar surface area (TPSA) is 40.6 Å². The van der Waals surface area contributed by atoms with E-state index >= 15 is 0 Å². The quantitative estimate of drug-likeness (QED) is 0.729. The lowest BCUT2D eigenvalue weighted by Crippen LogP contribution is -2.49. The highest BCUT2D eigenvalue weighted by Crippen LogP contribution is 2.22. The molecule has 1 heterocycles. The first-order chi connectivity index (χ1) is 12.4. The van der Waals surface area contributed by atoms with E-state index in [-0.39, 0.29) is 11.8 Å². The number of hydrogen-bond acceptors (Lipinski definition) is 2. The highest BCUT2D eigenvalue weighted by atomic mass is 16.2. The Morgan fingerprint density at radius 3 is 2.04 bits per heavy atom. The van der Waals surface area contributed by atoms with Crippen LogP contribution < -0.4 is 0 Å². The first kappa shape index (κ1) is 20.5. The van der Waals surface area contributed by atoms with E-state index in [4.69, 9.17) is 0 Å². The zero-order valence-electron chi connectivity index (χ0n) is 16.8. The summed E-state index contributed by atoms with van der Waals surface area (Å²) in [6.07, 6.45) is 3.01. The minimum atomic E-state index is -0.325. The third kappa shape index (κ3) is 6.15. The van der Waals surface area contributed by atoms with Crippen molar-refractivity contribution in [2.24, 2.45) is 17.8 Å². The molecule has 1 saturated heterocycles. The number of carbonyl (C=O) groups excluding carboxylic acids is 2. The second-order valence-electron chi connectivity index (χ2n) is 8.42. The highest BCUT2D eigenvalue weighted by molar-refractivity contribution is 6.34. The van der Waals surface area contributed by atoms with Crippen molar-refractivity contribution < 1.29 is 9.59 Å². The Morgan fingerprint density at radius 1 is 1.00 bits per heavy atom. The Balaban J connectivity index is 1.88. The van der Waals surface area contributed by atoms with Crippen molar-refractivity contribution in [2.45, 2.75) is 47.0 Å². The minimum Gasteiger partial charge on any atom is -0.334 e. The second-order valence-corrected chi connectivity index (χ2v) is 8.42. The molecule has 0 spiro atoms. The number of nitrogens with zero attached hydrogens (tertiary/aromatic N) is 2. The molecule has 2 rings (SSSR count). The van der Waals surface area contributed by atoms with Crippen LogP contribution in [0.25, 0.3) is 0 Å². The molecule has 0 bridgehead atoms. The number of amides is 2. The summed E-state index contributed by atoms with van der Waals surface area (Å²) in [5.74, 6) is 0.682. The number of likely N-dealkylation sites (tertiary alicyclic amines) is 1. The van der Waals surface area contributed by atoms with Crippen LogP contribution in [0.4, 0.5) is 0 Å². The molecule has 144 valence electrons. The van der Waals surface area contributed by atoms with Gasteiger partial charge in [0.05, 0.1) is 0 Å². The molecule has 0 radical (unpaired) electrons. The van der Waals surface area contributed by atoms with Gasteiger partial charge in [0.2, 0.25) is 0 Å². The van der Waals surface area contributed by atoms with E-state index < -0.39 is 0 Å². The SMILES string of the molecule is CC(C)CN(CC(C)C)C(=O)C(=O)N1CCC(Cc2ccccc2)CC1. The number of piperidine rings is 1. The summed E-state index contributed by atoms with van der Waals surface area (Å²) in [7, 11) is 0. The maximum Gasteiger partial charge on any atom is 0.312 e. The van der Waals surface area contributed by atoms with Gasteiger partial charge in [-0.05, 0) is 42.6 Å². The summed E-state index contributed by atoms with van der Waals surface area (Å²) in [4.78, 5) is 28.9. The standard InChI is InChI=1S/C22H34N2O2/c1-17(2)15-24(16-18(3)4)22(26)21(25)23-12-10-20(11-13-23)14-19-8-6-5-7-9-19/h5-9,17-18,20H,10-16H2,1-4H3. The molecule has 2 amide bonds. The molecule has 1 aromatic carbocycles. The molecule has 0 aromatic heterocycles. The van der Waals surface area contributed by atoms with Gasteiger partial charge >= 0.3 is 11.8 Å². The molecule has 1 aliphatic rings. The Kier molecular flexibility index (Phi) is 7.67. The number of hydrogen-bond donors (Lipinski definition) is 0. The lowest BCUT2D eigenvalue weighted by Gasteiger charge is -2.34. The van der Waals surface area contributed by atoms with Gasteiger partial charge in [0.1, 0.15) is 0 Å². The molecule has 26 heavy (non-hydrogen) atoms.